The van der Waals surface area contributed by atoms with Crippen molar-refractivity contribution in [2.24, 2.45) is 0 Å². The van der Waals surface area contributed by atoms with Gasteiger partial charge in [0.15, 0.2) is 0 Å². The molecular formula is C9H7ClFNO3. The van der Waals surface area contributed by atoms with E-state index in [9.17, 15) is 14.0 Å². The van der Waals surface area contributed by atoms with Crippen LogP contribution in [0.1, 0.15) is 6.42 Å². The Morgan fingerprint density at radius 2 is 2.13 bits per heavy atom. The van der Waals surface area contributed by atoms with Crippen LogP contribution >= 0.6 is 11.6 Å². The number of nitrogens with one attached hydrogen (secondary N) is 1. The summed E-state index contributed by atoms with van der Waals surface area (Å²) in [6.07, 6.45) is -0.688. The van der Waals surface area contributed by atoms with Gasteiger partial charge in [-0.1, -0.05) is 11.6 Å². The van der Waals surface area contributed by atoms with Gasteiger partial charge in [0.1, 0.15) is 12.2 Å². The van der Waals surface area contributed by atoms with Crippen molar-refractivity contribution in [2.45, 2.75) is 6.42 Å². The van der Waals surface area contributed by atoms with Gasteiger partial charge in [0.2, 0.25) is 5.91 Å². The van der Waals surface area contributed by atoms with E-state index in [1.54, 1.807) is 0 Å². The number of hydrogen-bond donors (Lipinski definition) is 2. The van der Waals surface area contributed by atoms with Gasteiger partial charge in [-0.25, -0.2) is 4.39 Å². The Labute approximate surface area is 89.7 Å². The van der Waals surface area contributed by atoms with Crippen LogP contribution in [0.5, 0.6) is 0 Å². The number of halogens is 2. The number of aliphatic carboxylic acids is 1. The smallest absolute Gasteiger partial charge is 0.312 e. The minimum atomic E-state index is -1.26. The van der Waals surface area contributed by atoms with Gasteiger partial charge < -0.3 is 10.4 Å². The average molecular weight is 232 g/mol. The molecule has 1 amide bonds. The summed E-state index contributed by atoms with van der Waals surface area (Å²) in [4.78, 5) is 21.2. The van der Waals surface area contributed by atoms with E-state index < -0.39 is 24.1 Å². The molecule has 0 atom stereocenters. The maximum Gasteiger partial charge on any atom is 0.312 e. The second-order valence-electron chi connectivity index (χ2n) is 2.74. The maximum atomic E-state index is 12.7. The molecule has 1 aromatic carbocycles. The lowest BCUT2D eigenvalue weighted by Gasteiger charge is -2.05. The molecule has 0 radical (unpaired) electrons. The molecular weight excluding hydrogens is 225 g/mol. The van der Waals surface area contributed by atoms with Crippen molar-refractivity contribution < 1.29 is 19.1 Å². The second kappa shape index (κ2) is 4.75. The third kappa shape index (κ3) is 3.55. The van der Waals surface area contributed by atoms with Crippen LogP contribution < -0.4 is 5.32 Å². The highest BCUT2D eigenvalue weighted by molar-refractivity contribution is 6.33. The first kappa shape index (κ1) is 11.5. The van der Waals surface area contributed by atoms with Crippen molar-refractivity contribution in [2.75, 3.05) is 5.32 Å². The molecule has 0 aliphatic heterocycles. The van der Waals surface area contributed by atoms with Crippen molar-refractivity contribution in [3.05, 3.63) is 29.0 Å². The molecule has 1 rings (SSSR count). The van der Waals surface area contributed by atoms with Crippen molar-refractivity contribution in [1.82, 2.24) is 0 Å². The molecule has 0 aliphatic rings. The SMILES string of the molecule is O=C(O)CC(=O)Nc1cc(F)ccc1Cl. The summed E-state index contributed by atoms with van der Waals surface area (Å²) in [5, 5.41) is 10.7. The van der Waals surface area contributed by atoms with Gasteiger partial charge in [-0.05, 0) is 18.2 Å². The fourth-order valence-corrected chi connectivity index (χ4v) is 1.09. The third-order valence-electron chi connectivity index (χ3n) is 1.51. The maximum absolute atomic E-state index is 12.7. The van der Waals surface area contributed by atoms with Gasteiger partial charge in [-0.15, -0.1) is 0 Å². The number of carboxylic acids is 1. The summed E-state index contributed by atoms with van der Waals surface area (Å²) in [7, 11) is 0. The van der Waals surface area contributed by atoms with Crippen LogP contribution in [0.25, 0.3) is 0 Å². The monoisotopic (exact) mass is 231 g/mol. The van der Waals surface area contributed by atoms with E-state index in [0.29, 0.717) is 0 Å². The fraction of sp³-hybridized carbons (Fsp3) is 0.111. The lowest BCUT2D eigenvalue weighted by atomic mass is 10.3. The lowest BCUT2D eigenvalue weighted by Crippen LogP contribution is -2.16. The first-order chi connectivity index (χ1) is 6.99. The highest BCUT2D eigenvalue weighted by atomic mass is 35.5. The molecule has 0 heterocycles. The Balaban J connectivity index is 2.76. The van der Waals surface area contributed by atoms with E-state index in [1.807, 2.05) is 0 Å². The molecule has 1 aromatic rings. The molecule has 0 saturated carbocycles. The van der Waals surface area contributed by atoms with Gasteiger partial charge >= 0.3 is 5.97 Å². The highest BCUT2D eigenvalue weighted by Gasteiger charge is 2.10. The van der Waals surface area contributed by atoms with Crippen LogP contribution in [0.4, 0.5) is 10.1 Å². The number of rotatable bonds is 3. The zero-order valence-electron chi connectivity index (χ0n) is 7.46. The third-order valence-corrected chi connectivity index (χ3v) is 1.84. The van der Waals surface area contributed by atoms with Gasteiger partial charge in [0.25, 0.3) is 0 Å². The summed E-state index contributed by atoms with van der Waals surface area (Å²) in [6, 6.07) is 3.42. The normalized spacial score (nSPS) is 9.73. The van der Waals surface area contributed by atoms with Gasteiger partial charge in [0.05, 0.1) is 10.7 Å². The Morgan fingerprint density at radius 1 is 1.47 bits per heavy atom. The van der Waals surface area contributed by atoms with E-state index in [2.05, 4.69) is 5.32 Å². The minimum absolute atomic E-state index is 0.0583. The largest absolute Gasteiger partial charge is 0.481 e. The molecule has 6 heteroatoms. The summed E-state index contributed by atoms with van der Waals surface area (Å²) in [6.45, 7) is 0. The molecule has 0 saturated heterocycles. The number of hydrogen-bond acceptors (Lipinski definition) is 2. The summed E-state index contributed by atoms with van der Waals surface area (Å²) in [5.74, 6) is -2.58. The molecule has 0 unspecified atom stereocenters. The summed E-state index contributed by atoms with van der Waals surface area (Å²) in [5.41, 5.74) is 0.0583. The number of anilines is 1. The van der Waals surface area contributed by atoms with Crippen LogP contribution in [0.15, 0.2) is 18.2 Å². The van der Waals surface area contributed by atoms with E-state index in [1.165, 1.54) is 6.07 Å². The van der Waals surface area contributed by atoms with Crippen molar-refractivity contribution in [3.8, 4) is 0 Å². The van der Waals surface area contributed by atoms with E-state index in [0.717, 1.165) is 12.1 Å². The fourth-order valence-electron chi connectivity index (χ4n) is 0.925. The molecule has 0 aromatic heterocycles. The second-order valence-corrected chi connectivity index (χ2v) is 3.15. The van der Waals surface area contributed by atoms with Crippen molar-refractivity contribution in [3.63, 3.8) is 0 Å². The lowest BCUT2D eigenvalue weighted by molar-refractivity contribution is -0.139. The van der Waals surface area contributed by atoms with E-state index in [-0.39, 0.29) is 10.7 Å². The first-order valence-electron chi connectivity index (χ1n) is 3.95. The Hall–Kier alpha value is -1.62. The topological polar surface area (TPSA) is 66.4 Å². The number of amides is 1. The summed E-state index contributed by atoms with van der Waals surface area (Å²) < 4.78 is 12.7. The zero-order chi connectivity index (χ0) is 11.4. The molecule has 0 fully saturated rings. The Bertz CT molecular complexity index is 408. The van der Waals surface area contributed by atoms with E-state index in [4.69, 9.17) is 16.7 Å². The first-order valence-corrected chi connectivity index (χ1v) is 4.33. The van der Waals surface area contributed by atoms with Crippen LogP contribution in [-0.4, -0.2) is 17.0 Å². The van der Waals surface area contributed by atoms with E-state index >= 15 is 0 Å². The van der Waals surface area contributed by atoms with Crippen LogP contribution in [0.2, 0.25) is 5.02 Å². The standard InChI is InChI=1S/C9H7ClFNO3/c10-6-2-1-5(11)3-7(6)12-8(13)4-9(14)15/h1-3H,4H2,(H,12,13)(H,14,15). The predicted octanol–water partition coefficient (Wildman–Crippen LogP) is 1.89. The van der Waals surface area contributed by atoms with Crippen LogP contribution in [-0.2, 0) is 9.59 Å². The zero-order valence-corrected chi connectivity index (χ0v) is 8.21. The number of benzene rings is 1. The van der Waals surface area contributed by atoms with Gasteiger partial charge in [-0.2, -0.15) is 0 Å². The quantitative estimate of drug-likeness (QED) is 0.781. The molecule has 0 spiro atoms. The van der Waals surface area contributed by atoms with Crippen molar-refractivity contribution in [1.29, 1.82) is 0 Å². The number of carboxylic acid groups (broad SMARTS) is 1. The molecule has 4 nitrogen and oxygen atoms in total. The minimum Gasteiger partial charge on any atom is -0.481 e. The van der Waals surface area contributed by atoms with Crippen LogP contribution in [0, 0.1) is 5.82 Å². The van der Waals surface area contributed by atoms with Crippen molar-refractivity contribution >= 4 is 29.2 Å². The number of carbonyl (C=O) groups excluding carboxylic acids is 1. The average Bonchev–Trinajstić information content (AvgIpc) is 2.10. The van der Waals surface area contributed by atoms with Gasteiger partial charge in [0, 0.05) is 0 Å². The Morgan fingerprint density at radius 3 is 2.73 bits per heavy atom. The molecule has 0 bridgehead atoms. The molecule has 0 aliphatic carbocycles. The highest BCUT2D eigenvalue weighted by Crippen LogP contribution is 2.22. The molecule has 80 valence electrons. The Kier molecular flexibility index (Phi) is 3.62. The van der Waals surface area contributed by atoms with Gasteiger partial charge in [-0.3, -0.25) is 9.59 Å². The summed E-state index contributed by atoms with van der Waals surface area (Å²) >= 11 is 5.65. The molecule has 15 heavy (non-hydrogen) atoms. The predicted molar refractivity (Wildman–Crippen MR) is 52.3 cm³/mol. The molecule has 2 N–H and O–H groups in total. The number of carbonyl (C=O) groups is 2. The van der Waals surface area contributed by atoms with Crippen LogP contribution in [0.3, 0.4) is 0 Å².